The van der Waals surface area contributed by atoms with Crippen LogP contribution in [0.1, 0.15) is 25.8 Å². The number of rotatable bonds is 3. The van der Waals surface area contributed by atoms with Gasteiger partial charge in [0.15, 0.2) is 0 Å². The average molecular weight is 276 g/mol. The Balaban J connectivity index is 2.30. The van der Waals surface area contributed by atoms with Crippen LogP contribution < -0.4 is 4.90 Å². The normalized spacial score (nSPS) is 17.5. The third-order valence-corrected chi connectivity index (χ3v) is 3.71. The molecule has 0 radical (unpaired) electrons. The second-order valence-corrected chi connectivity index (χ2v) is 5.08. The third kappa shape index (κ3) is 2.76. The fourth-order valence-corrected chi connectivity index (χ4v) is 2.61. The number of carbonyl (C=O) groups is 2. The number of urea groups is 1. The monoisotopic (exact) mass is 276 g/mol. The van der Waals surface area contributed by atoms with Gasteiger partial charge in [0, 0.05) is 18.3 Å². The maximum atomic E-state index is 12.6. The lowest BCUT2D eigenvalue weighted by Gasteiger charge is -2.38. The van der Waals surface area contributed by atoms with Gasteiger partial charge in [0.1, 0.15) is 6.54 Å². The number of carboxylic acid groups (broad SMARTS) is 1. The van der Waals surface area contributed by atoms with Gasteiger partial charge in [-0.25, -0.2) is 4.79 Å². The van der Waals surface area contributed by atoms with Crippen LogP contribution in [-0.4, -0.2) is 41.1 Å². The van der Waals surface area contributed by atoms with Gasteiger partial charge in [-0.05, 0) is 38.3 Å². The highest BCUT2D eigenvalue weighted by atomic mass is 16.4. The molecule has 1 unspecified atom stereocenters. The maximum absolute atomic E-state index is 12.6. The number of aliphatic carboxylic acids is 1. The molecule has 5 nitrogen and oxygen atoms in total. The number of hydrogen-bond donors (Lipinski definition) is 1. The van der Waals surface area contributed by atoms with Crippen molar-refractivity contribution in [3.05, 3.63) is 29.8 Å². The van der Waals surface area contributed by atoms with E-state index in [0.717, 1.165) is 24.1 Å². The Hall–Kier alpha value is -2.04. The van der Waals surface area contributed by atoms with E-state index >= 15 is 0 Å². The number of aryl methyl sites for hydroxylation is 1. The summed E-state index contributed by atoms with van der Waals surface area (Å²) in [4.78, 5) is 26.6. The fraction of sp³-hybridized carbons (Fsp3) is 0.467. The standard InChI is InChI=1S/C15H20N2O3/c1-3-16(10-14(18)19)15(20)17-11(2)8-9-12-6-4-5-7-13(12)17/h4-7,11H,3,8-10H2,1-2H3,(H,18,19). The zero-order valence-corrected chi connectivity index (χ0v) is 11.9. The highest BCUT2D eigenvalue weighted by Crippen LogP contribution is 2.31. The largest absolute Gasteiger partial charge is 0.480 e. The smallest absolute Gasteiger partial charge is 0.325 e. The molecule has 0 aliphatic carbocycles. The van der Waals surface area contributed by atoms with Gasteiger partial charge in [0.25, 0.3) is 0 Å². The SMILES string of the molecule is CCN(CC(=O)O)C(=O)N1c2ccccc2CCC1C. The average Bonchev–Trinajstić information content (AvgIpc) is 2.43. The summed E-state index contributed by atoms with van der Waals surface area (Å²) in [5.41, 5.74) is 2.05. The number of nitrogens with zero attached hydrogens (tertiary/aromatic N) is 2. The van der Waals surface area contributed by atoms with Gasteiger partial charge < -0.3 is 10.0 Å². The third-order valence-electron chi connectivity index (χ3n) is 3.71. The van der Waals surface area contributed by atoms with Crippen molar-refractivity contribution in [2.75, 3.05) is 18.0 Å². The highest BCUT2D eigenvalue weighted by molar-refractivity contribution is 5.95. The number of anilines is 1. The van der Waals surface area contributed by atoms with E-state index in [2.05, 4.69) is 0 Å². The van der Waals surface area contributed by atoms with E-state index in [4.69, 9.17) is 5.11 Å². The molecule has 1 aromatic carbocycles. The van der Waals surface area contributed by atoms with Crippen molar-refractivity contribution in [3.8, 4) is 0 Å². The number of carbonyl (C=O) groups excluding carboxylic acids is 1. The van der Waals surface area contributed by atoms with Crippen LogP contribution in [-0.2, 0) is 11.2 Å². The Morgan fingerprint density at radius 3 is 2.75 bits per heavy atom. The lowest BCUT2D eigenvalue weighted by Crippen LogP contribution is -2.50. The molecule has 0 bridgehead atoms. The van der Waals surface area contributed by atoms with Gasteiger partial charge >= 0.3 is 12.0 Å². The van der Waals surface area contributed by atoms with Gasteiger partial charge in [-0.1, -0.05) is 18.2 Å². The van der Waals surface area contributed by atoms with E-state index in [1.54, 1.807) is 11.8 Å². The molecule has 20 heavy (non-hydrogen) atoms. The molecule has 1 aromatic rings. The lowest BCUT2D eigenvalue weighted by atomic mass is 9.97. The Morgan fingerprint density at radius 1 is 1.40 bits per heavy atom. The molecule has 1 atom stereocenters. The maximum Gasteiger partial charge on any atom is 0.325 e. The number of hydrogen-bond acceptors (Lipinski definition) is 2. The van der Waals surface area contributed by atoms with Gasteiger partial charge in [-0.3, -0.25) is 9.69 Å². The summed E-state index contributed by atoms with van der Waals surface area (Å²) < 4.78 is 0. The fourth-order valence-electron chi connectivity index (χ4n) is 2.61. The van der Waals surface area contributed by atoms with Crippen molar-refractivity contribution in [3.63, 3.8) is 0 Å². The molecule has 0 aromatic heterocycles. The van der Waals surface area contributed by atoms with Crippen LogP contribution in [0.2, 0.25) is 0 Å². The zero-order valence-electron chi connectivity index (χ0n) is 11.9. The van der Waals surface area contributed by atoms with Crippen molar-refractivity contribution in [1.29, 1.82) is 0 Å². The molecule has 0 spiro atoms. The van der Waals surface area contributed by atoms with Crippen LogP contribution in [0.3, 0.4) is 0 Å². The Bertz CT molecular complexity index is 516. The predicted octanol–water partition coefficient (Wildman–Crippen LogP) is 2.35. The molecule has 1 aliphatic rings. The molecule has 0 saturated heterocycles. The number of amides is 2. The summed E-state index contributed by atoms with van der Waals surface area (Å²) in [6.45, 7) is 3.92. The molecular weight excluding hydrogens is 256 g/mol. The van der Waals surface area contributed by atoms with E-state index in [9.17, 15) is 9.59 Å². The second kappa shape index (κ2) is 5.94. The molecule has 2 rings (SSSR count). The summed E-state index contributed by atoms with van der Waals surface area (Å²) >= 11 is 0. The minimum atomic E-state index is -0.988. The number of fused-ring (bicyclic) bond motifs is 1. The molecule has 2 amide bonds. The number of para-hydroxylation sites is 1. The van der Waals surface area contributed by atoms with Crippen LogP contribution in [0.25, 0.3) is 0 Å². The van der Waals surface area contributed by atoms with Gasteiger partial charge in [0.05, 0.1) is 0 Å². The summed E-state index contributed by atoms with van der Waals surface area (Å²) in [7, 11) is 0. The van der Waals surface area contributed by atoms with E-state index in [-0.39, 0.29) is 18.6 Å². The minimum Gasteiger partial charge on any atom is -0.480 e. The Kier molecular flexibility index (Phi) is 4.27. The van der Waals surface area contributed by atoms with E-state index in [0.29, 0.717) is 6.54 Å². The molecule has 0 saturated carbocycles. The van der Waals surface area contributed by atoms with Crippen LogP contribution in [0.5, 0.6) is 0 Å². The van der Waals surface area contributed by atoms with Gasteiger partial charge in [0.2, 0.25) is 0 Å². The van der Waals surface area contributed by atoms with Crippen molar-refractivity contribution >= 4 is 17.7 Å². The number of benzene rings is 1. The zero-order chi connectivity index (χ0) is 14.7. The molecule has 108 valence electrons. The van der Waals surface area contributed by atoms with Crippen LogP contribution in [0.15, 0.2) is 24.3 Å². The van der Waals surface area contributed by atoms with Crippen molar-refractivity contribution in [2.24, 2.45) is 0 Å². The summed E-state index contributed by atoms with van der Waals surface area (Å²) in [6, 6.07) is 7.68. The predicted molar refractivity (Wildman–Crippen MR) is 77.0 cm³/mol. The van der Waals surface area contributed by atoms with Gasteiger partial charge in [-0.2, -0.15) is 0 Å². The minimum absolute atomic E-state index is 0.0836. The van der Waals surface area contributed by atoms with Gasteiger partial charge in [-0.15, -0.1) is 0 Å². The van der Waals surface area contributed by atoms with Crippen molar-refractivity contribution in [2.45, 2.75) is 32.7 Å². The van der Waals surface area contributed by atoms with Crippen LogP contribution >= 0.6 is 0 Å². The Morgan fingerprint density at radius 2 is 2.10 bits per heavy atom. The topological polar surface area (TPSA) is 60.9 Å². The van der Waals surface area contributed by atoms with E-state index in [1.807, 2.05) is 31.2 Å². The van der Waals surface area contributed by atoms with Crippen LogP contribution in [0.4, 0.5) is 10.5 Å². The Labute approximate surface area is 118 Å². The first-order chi connectivity index (χ1) is 9.54. The van der Waals surface area contributed by atoms with E-state index in [1.165, 1.54) is 4.90 Å². The van der Waals surface area contributed by atoms with Crippen LogP contribution in [0, 0.1) is 0 Å². The summed E-state index contributed by atoms with van der Waals surface area (Å²) in [5, 5.41) is 8.91. The number of carboxylic acids is 1. The van der Waals surface area contributed by atoms with Crippen molar-refractivity contribution < 1.29 is 14.7 Å². The first kappa shape index (κ1) is 14.4. The molecule has 1 N–H and O–H groups in total. The van der Waals surface area contributed by atoms with Crippen molar-refractivity contribution in [1.82, 2.24) is 4.90 Å². The first-order valence-electron chi connectivity index (χ1n) is 6.92. The number of likely N-dealkylation sites (N-methyl/N-ethyl adjacent to an activating group) is 1. The first-order valence-corrected chi connectivity index (χ1v) is 6.92. The summed E-state index contributed by atoms with van der Waals surface area (Å²) in [6.07, 6.45) is 1.85. The highest BCUT2D eigenvalue weighted by Gasteiger charge is 2.31. The molecule has 0 fully saturated rings. The van der Waals surface area contributed by atoms with E-state index < -0.39 is 5.97 Å². The lowest BCUT2D eigenvalue weighted by molar-refractivity contribution is -0.137. The molecular formula is C15H20N2O3. The quantitative estimate of drug-likeness (QED) is 0.922. The molecule has 5 heteroatoms. The molecule has 1 heterocycles. The summed E-state index contributed by atoms with van der Waals surface area (Å²) in [5.74, 6) is -0.988. The second-order valence-electron chi connectivity index (χ2n) is 5.08. The molecule has 1 aliphatic heterocycles.